The minimum Gasteiger partial charge on any atom is -0.377 e. The summed E-state index contributed by atoms with van der Waals surface area (Å²) in [4.78, 5) is 11.7. The van der Waals surface area contributed by atoms with E-state index in [1.807, 2.05) is 13.8 Å². The average molecular weight is 321 g/mol. The van der Waals surface area contributed by atoms with Crippen LogP contribution in [-0.4, -0.2) is 25.2 Å². The molecule has 1 aromatic rings. The summed E-state index contributed by atoms with van der Waals surface area (Å²) in [5, 5.41) is 3.29. The lowest BCUT2D eigenvalue weighted by Crippen LogP contribution is -2.28. The number of rotatable bonds is 5. The predicted molar refractivity (Wildman–Crippen MR) is 72.6 cm³/mol. The molecule has 1 amide bonds. The van der Waals surface area contributed by atoms with Crippen LogP contribution in [0, 0.1) is 0 Å². The van der Waals surface area contributed by atoms with Crippen LogP contribution in [-0.2, 0) is 4.74 Å². The summed E-state index contributed by atoms with van der Waals surface area (Å²) in [6, 6.07) is 5.10. The Kier molecular flexibility index (Phi) is 5.95. The summed E-state index contributed by atoms with van der Waals surface area (Å²) in [5.41, 5.74) is 0.544. The molecule has 17 heavy (non-hydrogen) atoms. The number of ether oxygens (including phenoxy) is 1. The van der Waals surface area contributed by atoms with Gasteiger partial charge in [0.15, 0.2) is 0 Å². The van der Waals surface area contributed by atoms with Gasteiger partial charge in [0.05, 0.1) is 17.7 Å². The van der Waals surface area contributed by atoms with Crippen molar-refractivity contribution in [3.05, 3.63) is 33.3 Å². The Labute approximate surface area is 115 Å². The second kappa shape index (κ2) is 6.99. The molecule has 5 heteroatoms. The molecular formula is C12H15BrClNO2. The zero-order chi connectivity index (χ0) is 12.8. The van der Waals surface area contributed by atoms with E-state index in [4.69, 9.17) is 16.3 Å². The maximum atomic E-state index is 11.7. The first-order valence-electron chi connectivity index (χ1n) is 5.35. The van der Waals surface area contributed by atoms with Crippen molar-refractivity contribution in [3.63, 3.8) is 0 Å². The Hall–Kier alpha value is -0.580. The number of halogens is 2. The molecule has 0 saturated carbocycles. The number of amides is 1. The van der Waals surface area contributed by atoms with E-state index in [-0.39, 0.29) is 12.0 Å². The van der Waals surface area contributed by atoms with E-state index in [9.17, 15) is 4.79 Å². The van der Waals surface area contributed by atoms with Crippen molar-refractivity contribution in [2.45, 2.75) is 20.0 Å². The van der Waals surface area contributed by atoms with Crippen molar-refractivity contribution in [1.82, 2.24) is 5.32 Å². The Morgan fingerprint density at radius 3 is 2.82 bits per heavy atom. The highest BCUT2D eigenvalue weighted by Crippen LogP contribution is 2.22. The zero-order valence-electron chi connectivity index (χ0n) is 9.80. The van der Waals surface area contributed by atoms with E-state index >= 15 is 0 Å². The molecule has 94 valence electrons. The van der Waals surface area contributed by atoms with Gasteiger partial charge in [-0.25, -0.2) is 0 Å². The van der Waals surface area contributed by atoms with Crippen molar-refractivity contribution in [2.24, 2.45) is 0 Å². The van der Waals surface area contributed by atoms with E-state index in [2.05, 4.69) is 21.2 Å². The topological polar surface area (TPSA) is 38.3 Å². The van der Waals surface area contributed by atoms with Crippen LogP contribution in [0.2, 0.25) is 5.02 Å². The van der Waals surface area contributed by atoms with Gasteiger partial charge in [-0.05, 0) is 48.0 Å². The van der Waals surface area contributed by atoms with E-state index < -0.39 is 0 Å². The van der Waals surface area contributed by atoms with Gasteiger partial charge in [0.1, 0.15) is 0 Å². The van der Waals surface area contributed by atoms with Gasteiger partial charge in [0.25, 0.3) is 5.91 Å². The van der Waals surface area contributed by atoms with Gasteiger partial charge >= 0.3 is 0 Å². The van der Waals surface area contributed by atoms with E-state index in [0.29, 0.717) is 23.7 Å². The molecular weight excluding hydrogens is 305 g/mol. The van der Waals surface area contributed by atoms with E-state index in [1.54, 1.807) is 18.2 Å². The Morgan fingerprint density at radius 1 is 1.53 bits per heavy atom. The van der Waals surface area contributed by atoms with Crippen LogP contribution in [0.1, 0.15) is 24.2 Å². The minimum absolute atomic E-state index is 0.147. The number of carbonyl (C=O) groups excluding carboxylic acids is 1. The molecule has 1 rings (SSSR count). The lowest BCUT2D eigenvalue weighted by molar-refractivity contribution is 0.0746. The number of hydrogen-bond donors (Lipinski definition) is 1. The van der Waals surface area contributed by atoms with Crippen LogP contribution in [0.15, 0.2) is 22.7 Å². The fourth-order valence-electron chi connectivity index (χ4n) is 1.20. The Bertz CT molecular complexity index is 396. The first-order chi connectivity index (χ1) is 8.00. The molecule has 0 unspecified atom stereocenters. The number of hydrogen-bond acceptors (Lipinski definition) is 2. The lowest BCUT2D eigenvalue weighted by Gasteiger charge is -2.09. The molecule has 0 bridgehead atoms. The normalized spacial score (nSPS) is 10.6. The van der Waals surface area contributed by atoms with E-state index in [0.717, 1.165) is 4.47 Å². The fraction of sp³-hybridized carbons (Fsp3) is 0.417. The van der Waals surface area contributed by atoms with Crippen molar-refractivity contribution in [1.29, 1.82) is 0 Å². The molecule has 1 N–H and O–H groups in total. The third-order valence-electron chi connectivity index (χ3n) is 2.02. The molecule has 0 aliphatic carbocycles. The van der Waals surface area contributed by atoms with Crippen LogP contribution in [0.5, 0.6) is 0 Å². The van der Waals surface area contributed by atoms with E-state index in [1.165, 1.54) is 0 Å². The molecule has 0 aromatic heterocycles. The average Bonchev–Trinajstić information content (AvgIpc) is 2.27. The van der Waals surface area contributed by atoms with Gasteiger partial charge in [-0.1, -0.05) is 11.6 Å². The SMILES string of the molecule is CC(C)OCCNC(=O)c1ccc(Br)c(Cl)c1. The number of carbonyl (C=O) groups is 1. The van der Waals surface area contributed by atoms with Gasteiger partial charge in [-0.3, -0.25) is 4.79 Å². The molecule has 0 aliphatic heterocycles. The smallest absolute Gasteiger partial charge is 0.251 e. The van der Waals surface area contributed by atoms with Crippen molar-refractivity contribution >= 4 is 33.4 Å². The third-order valence-corrected chi connectivity index (χ3v) is 3.25. The first kappa shape index (κ1) is 14.5. The van der Waals surface area contributed by atoms with Crippen molar-refractivity contribution in [3.8, 4) is 0 Å². The molecule has 0 heterocycles. The van der Waals surface area contributed by atoms with Crippen molar-refractivity contribution in [2.75, 3.05) is 13.2 Å². The van der Waals surface area contributed by atoms with Gasteiger partial charge in [-0.15, -0.1) is 0 Å². The summed E-state index contributed by atoms with van der Waals surface area (Å²) in [5.74, 6) is -0.147. The summed E-state index contributed by atoms with van der Waals surface area (Å²) in [6.45, 7) is 4.91. The number of benzene rings is 1. The van der Waals surface area contributed by atoms with Gasteiger partial charge in [-0.2, -0.15) is 0 Å². The quantitative estimate of drug-likeness (QED) is 0.846. The maximum absolute atomic E-state index is 11.7. The highest BCUT2D eigenvalue weighted by Gasteiger charge is 2.07. The van der Waals surface area contributed by atoms with Crippen LogP contribution >= 0.6 is 27.5 Å². The summed E-state index contributed by atoms with van der Waals surface area (Å²) in [7, 11) is 0. The monoisotopic (exact) mass is 319 g/mol. The Morgan fingerprint density at radius 2 is 2.24 bits per heavy atom. The molecule has 0 aliphatic rings. The maximum Gasteiger partial charge on any atom is 0.251 e. The van der Waals surface area contributed by atoms with Gasteiger partial charge in [0, 0.05) is 16.6 Å². The molecule has 0 fully saturated rings. The summed E-state index contributed by atoms with van der Waals surface area (Å²) < 4.78 is 6.10. The zero-order valence-corrected chi connectivity index (χ0v) is 12.1. The molecule has 0 saturated heterocycles. The molecule has 0 spiro atoms. The van der Waals surface area contributed by atoms with Crippen LogP contribution in [0.25, 0.3) is 0 Å². The highest BCUT2D eigenvalue weighted by molar-refractivity contribution is 9.10. The van der Waals surface area contributed by atoms with Crippen LogP contribution < -0.4 is 5.32 Å². The standard InChI is InChI=1S/C12H15BrClNO2/c1-8(2)17-6-5-15-12(16)9-3-4-10(13)11(14)7-9/h3-4,7-8H,5-6H2,1-2H3,(H,15,16). The van der Waals surface area contributed by atoms with Crippen LogP contribution in [0.4, 0.5) is 0 Å². The second-order valence-corrected chi connectivity index (χ2v) is 5.07. The largest absolute Gasteiger partial charge is 0.377 e. The van der Waals surface area contributed by atoms with Gasteiger partial charge < -0.3 is 10.1 Å². The molecule has 1 aromatic carbocycles. The summed E-state index contributed by atoms with van der Waals surface area (Å²) >= 11 is 9.18. The molecule has 0 radical (unpaired) electrons. The first-order valence-corrected chi connectivity index (χ1v) is 6.52. The minimum atomic E-state index is -0.147. The Balaban J connectivity index is 2.44. The summed E-state index contributed by atoms with van der Waals surface area (Å²) in [6.07, 6.45) is 0.175. The van der Waals surface area contributed by atoms with Crippen molar-refractivity contribution < 1.29 is 9.53 Å². The second-order valence-electron chi connectivity index (χ2n) is 3.80. The fourth-order valence-corrected chi connectivity index (χ4v) is 1.63. The van der Waals surface area contributed by atoms with Crippen LogP contribution in [0.3, 0.4) is 0 Å². The highest BCUT2D eigenvalue weighted by atomic mass is 79.9. The number of nitrogens with one attached hydrogen (secondary N) is 1. The predicted octanol–water partition coefficient (Wildman–Crippen LogP) is 3.26. The third kappa shape index (κ3) is 5.06. The lowest BCUT2D eigenvalue weighted by atomic mass is 10.2. The molecule has 0 atom stereocenters. The van der Waals surface area contributed by atoms with Gasteiger partial charge in [0.2, 0.25) is 0 Å². The molecule has 3 nitrogen and oxygen atoms in total.